The predicted molar refractivity (Wildman–Crippen MR) is 35.8 cm³/mol. The van der Waals surface area contributed by atoms with E-state index in [2.05, 4.69) is 23.2 Å². The van der Waals surface area contributed by atoms with Gasteiger partial charge in [-0.05, 0) is 42.5 Å². The van der Waals surface area contributed by atoms with E-state index in [1.807, 2.05) is 0 Å². The van der Waals surface area contributed by atoms with Gasteiger partial charge in [0.05, 0.1) is 0 Å². The summed E-state index contributed by atoms with van der Waals surface area (Å²) in [6.07, 6.45) is 2.32. The van der Waals surface area contributed by atoms with Crippen molar-refractivity contribution in [2.24, 2.45) is 0 Å². The molecule has 0 aromatic carbocycles. The largest absolute Gasteiger partial charge is 0.313 e. The molecular weight excluding hydrogens is 166 g/mol. The van der Waals surface area contributed by atoms with E-state index in [9.17, 15) is 4.39 Å². The minimum absolute atomic E-state index is 0.435. The average molecular weight is 173 g/mol. The highest BCUT2D eigenvalue weighted by Crippen LogP contribution is 2.20. The van der Waals surface area contributed by atoms with Crippen LogP contribution in [0.5, 0.6) is 0 Å². The van der Waals surface area contributed by atoms with Crippen LogP contribution in [0.3, 0.4) is 0 Å². The molecule has 4 heteroatoms. The lowest BCUT2D eigenvalue weighted by atomic mass is 9.98. The molecule has 0 atom stereocenters. The van der Waals surface area contributed by atoms with Crippen LogP contribution in [0.4, 0.5) is 9.18 Å². The lowest BCUT2D eigenvalue weighted by Gasteiger charge is -2.14. The van der Waals surface area contributed by atoms with Gasteiger partial charge in [0.2, 0.25) is 0 Å². The van der Waals surface area contributed by atoms with Crippen molar-refractivity contribution in [3.8, 4) is 0 Å². The van der Waals surface area contributed by atoms with Crippen molar-refractivity contribution in [2.45, 2.75) is 25.4 Å². The molecule has 1 saturated carbocycles. The maximum absolute atomic E-state index is 11.5. The second-order valence-corrected chi connectivity index (χ2v) is 2.63. The molecule has 54 valence electrons. The van der Waals surface area contributed by atoms with E-state index in [-0.39, 0.29) is 0 Å². The van der Waals surface area contributed by atoms with Crippen LogP contribution in [0.1, 0.15) is 19.3 Å². The smallest absolute Gasteiger partial charge is 0.262 e. The summed E-state index contributed by atoms with van der Waals surface area (Å²) in [7, 11) is 0. The van der Waals surface area contributed by atoms with Crippen molar-refractivity contribution >= 4 is 27.9 Å². The van der Waals surface area contributed by atoms with Gasteiger partial charge in [0.15, 0.2) is 0 Å². The predicted octanol–water partition coefficient (Wildman–Crippen LogP) is 3.09. The van der Waals surface area contributed by atoms with E-state index in [1.54, 1.807) is 0 Å². The molecule has 0 saturated heterocycles. The first-order chi connectivity index (χ1) is 4.13. The summed E-state index contributed by atoms with van der Waals surface area (Å²) >= 11 is 8.80. The van der Waals surface area contributed by atoms with Gasteiger partial charge in [-0.25, -0.2) is 4.39 Å². The number of alkyl halides is 1. The van der Waals surface area contributed by atoms with Crippen LogP contribution in [0.15, 0.2) is 0 Å². The first-order valence-electron chi connectivity index (χ1n) is 2.62. The number of halogens is 3. The zero-order valence-electron chi connectivity index (χ0n) is 4.74. The summed E-state index contributed by atoms with van der Waals surface area (Å²) < 4.78 is 10.6. The van der Waals surface area contributed by atoms with E-state index in [0.717, 1.165) is 19.3 Å². The van der Waals surface area contributed by atoms with Crippen molar-refractivity contribution in [1.82, 2.24) is 0 Å². The summed E-state index contributed by atoms with van der Waals surface area (Å²) in [6.45, 7) is 0. The summed E-state index contributed by atoms with van der Waals surface area (Å²) in [5.74, 6) is 0. The van der Waals surface area contributed by atoms with Crippen molar-refractivity contribution in [3.05, 3.63) is 0 Å². The van der Waals surface area contributed by atoms with E-state index >= 15 is 0 Å². The maximum Gasteiger partial charge on any atom is 0.313 e. The Bertz CT molecular complexity index is 89.0. The third-order valence-electron chi connectivity index (χ3n) is 1.03. The first kappa shape index (κ1) is 9.18. The summed E-state index contributed by atoms with van der Waals surface area (Å²) in [6, 6.07) is 0. The molecule has 0 bridgehead atoms. The van der Waals surface area contributed by atoms with Gasteiger partial charge in [-0.3, -0.25) is 4.79 Å². The third kappa shape index (κ3) is 8.18. The minimum atomic E-state index is -0.889. The Labute approximate surface area is 63.1 Å². The average Bonchev–Trinajstić information content (AvgIpc) is 1.59. The molecule has 1 fully saturated rings. The van der Waals surface area contributed by atoms with Gasteiger partial charge in [0.25, 0.3) is 0 Å². The molecule has 0 aromatic heterocycles. The highest BCUT2D eigenvalue weighted by molar-refractivity contribution is 6.93. The quantitative estimate of drug-likeness (QED) is 0.514. The number of hydrogen-bond acceptors (Lipinski definition) is 1. The van der Waals surface area contributed by atoms with Crippen LogP contribution in [0, 0.1) is 0 Å². The molecular formula is C5H7Cl2FO. The Morgan fingerprint density at radius 2 is 1.67 bits per heavy atom. The third-order valence-corrected chi connectivity index (χ3v) is 1.03. The number of carbonyl (C=O) groups excluding carboxylic acids is 1. The molecule has 1 rings (SSSR count). The van der Waals surface area contributed by atoms with Crippen molar-refractivity contribution in [3.63, 3.8) is 0 Å². The lowest BCUT2D eigenvalue weighted by Crippen LogP contribution is -2.09. The molecule has 1 aliphatic carbocycles. The molecule has 0 aliphatic heterocycles. The maximum atomic E-state index is 11.5. The zero-order chi connectivity index (χ0) is 7.28. The molecule has 0 radical (unpaired) electrons. The Kier molecular flexibility index (Phi) is 5.10. The van der Waals surface area contributed by atoms with Gasteiger partial charge in [-0.1, -0.05) is 0 Å². The van der Waals surface area contributed by atoms with Crippen molar-refractivity contribution < 1.29 is 9.18 Å². The second-order valence-electron chi connectivity index (χ2n) is 1.75. The Balaban J connectivity index is 0.000000148. The van der Waals surface area contributed by atoms with E-state index in [1.165, 1.54) is 0 Å². The van der Waals surface area contributed by atoms with Crippen LogP contribution < -0.4 is 0 Å². The molecule has 0 spiro atoms. The summed E-state index contributed by atoms with van der Waals surface area (Å²) in [5, 5.41) is 0. The van der Waals surface area contributed by atoms with Crippen molar-refractivity contribution in [2.75, 3.05) is 0 Å². The van der Waals surface area contributed by atoms with E-state index in [0.29, 0.717) is 0 Å². The number of hydrogen-bond donors (Lipinski definition) is 0. The van der Waals surface area contributed by atoms with Gasteiger partial charge >= 0.3 is 4.70 Å². The summed E-state index contributed by atoms with van der Waals surface area (Å²) in [5.41, 5.74) is 0. The SMILES string of the molecule is FC1CCC1.O=C(Cl)Cl. The van der Waals surface area contributed by atoms with E-state index < -0.39 is 10.9 Å². The molecule has 0 amide bonds. The molecule has 0 aromatic rings. The second kappa shape index (κ2) is 5.00. The van der Waals surface area contributed by atoms with Crippen LogP contribution in [-0.2, 0) is 0 Å². The van der Waals surface area contributed by atoms with Crippen molar-refractivity contribution in [1.29, 1.82) is 0 Å². The summed E-state index contributed by atoms with van der Waals surface area (Å²) in [4.78, 5) is 8.98. The highest BCUT2D eigenvalue weighted by Gasteiger charge is 2.14. The van der Waals surface area contributed by atoms with Crippen LogP contribution >= 0.6 is 23.2 Å². The van der Waals surface area contributed by atoms with Crippen LogP contribution in [-0.4, -0.2) is 10.9 Å². The minimum Gasteiger partial charge on any atom is -0.262 e. The molecule has 0 unspecified atom stereocenters. The Hall–Kier alpha value is 0.180. The Morgan fingerprint density at radius 3 is 1.67 bits per heavy atom. The molecule has 1 nitrogen and oxygen atoms in total. The fraction of sp³-hybridized carbons (Fsp3) is 0.800. The monoisotopic (exact) mass is 172 g/mol. The van der Waals surface area contributed by atoms with Gasteiger partial charge in [-0.15, -0.1) is 0 Å². The standard InChI is InChI=1S/C4H7F.CCl2O/c5-4-2-1-3-4;2-1(3)4/h4H,1-3H2;. The highest BCUT2D eigenvalue weighted by atomic mass is 35.5. The normalized spacial score (nSPS) is 17.2. The van der Waals surface area contributed by atoms with E-state index in [4.69, 9.17) is 4.79 Å². The Morgan fingerprint density at radius 1 is 1.44 bits per heavy atom. The van der Waals surface area contributed by atoms with Crippen LogP contribution in [0.25, 0.3) is 0 Å². The van der Waals surface area contributed by atoms with Gasteiger partial charge in [0, 0.05) is 0 Å². The van der Waals surface area contributed by atoms with Gasteiger partial charge in [-0.2, -0.15) is 0 Å². The molecule has 1 aliphatic rings. The fourth-order valence-electron chi connectivity index (χ4n) is 0.358. The topological polar surface area (TPSA) is 17.1 Å². The van der Waals surface area contributed by atoms with Gasteiger partial charge in [0.1, 0.15) is 6.17 Å². The first-order valence-corrected chi connectivity index (χ1v) is 3.37. The van der Waals surface area contributed by atoms with Crippen LogP contribution in [0.2, 0.25) is 0 Å². The number of carbonyl (C=O) groups is 1. The van der Waals surface area contributed by atoms with Gasteiger partial charge < -0.3 is 0 Å². The fourth-order valence-corrected chi connectivity index (χ4v) is 0.358. The lowest BCUT2D eigenvalue weighted by molar-refractivity contribution is 0.211. The zero-order valence-corrected chi connectivity index (χ0v) is 6.25. The molecule has 9 heavy (non-hydrogen) atoms. The molecule has 0 heterocycles. The number of rotatable bonds is 0. The molecule has 0 N–H and O–H groups in total.